The summed E-state index contributed by atoms with van der Waals surface area (Å²) in [7, 11) is 12.9. The number of benzene rings is 2. The molecule has 2 aromatic carbocycles. The molecule has 13 rings (SSSR count). The molecule has 0 aliphatic carbocycles. The van der Waals surface area contributed by atoms with Gasteiger partial charge in [0.15, 0.2) is 50.3 Å². The standard InChI is InChI=1S/C21H35N8O3P.C16H19N5O2.C12H18N6O2.C12H11N5O.C9H18ClN2OP.C9H13N5O2.C5H13NO2.C4H8O.CH3F.2CH4O.Na.H/c1-9-17(32-33(31-11-10-22-6)29(15(2)3)16(4)5)12-28-14-23-18-19(28)25-21(26-20(18)30)24-13-27(7)8;1-2-12(22)8-21-10-18-13-14(21)19-16(17)20-15(13)23-9-11-6-4-3-5-7-11;1-4-8(19)5-18-7-13-9-10(18)15-12(16-11(9)20)14-6-17(2)3;13-12-16-10-9(14-7-15-10)11(17-12)18-6-8-4-2-1-3-5-8;1-8(2)12(9(3)4)14(10)13-7-6-11-5;1-2-5(15)3-14-4-11-6-7(14)12-9(10)13-8(6)16;1-6(2)5(7-3)8-4;1-2-4-3-5-4;3*1-2;;/h13-17H,9-12H2,1-5,7-8H3,(H,25,26,30);3-7,10,12,22H,2,8-9H2,1H3,(H2,17,19,20);6-8,19H,4-5H2,1-3H3,(H,15,16,20);1-5,7H,6H2,(H3,13,14,15,16,17);8-9H,6-7H2,1-4H3;4-5,15H,2-3H2,1H3,(H3,10,12,13,16);5H,1-4H3;4H,2-3H2,1H3;1H3;2*2H,1H3;;/q;;;;;;;;;;;+1;-1/t17-,33?;12-;8-;;;5-;;4-;;;;;/m111..1.1...../s1/i;;;;;;;;1D;;;;. The van der Waals surface area contributed by atoms with Crippen molar-refractivity contribution >= 4 is 126 Å². The minimum atomic E-state index is -1.37. The average molecular weight is 2090 g/mol. The van der Waals surface area contributed by atoms with Crippen LogP contribution in [0.15, 0.2) is 117 Å². The van der Waals surface area contributed by atoms with Gasteiger partial charge in [-0.05, 0) is 124 Å². The molecule has 2 unspecified atom stereocenters. The summed E-state index contributed by atoms with van der Waals surface area (Å²) < 4.78 is 70.6. The molecule has 792 valence electrons. The SMILES string of the molecule is CC[C@@H](O)Cn1cnc2c(=O)[nH]c(N)nc21.CC[C@@H](O)Cn1cnc2c(=O)[nH]c(N=CN(C)C)nc21.CC[C@@H](O)Cn1cnc2c(OCc3ccccc3)nc(N)nc21.CC[C@@H]1CO1.CO.CO.COC(OC)N(C)C.Nc1nc(OCc2ccccc2)c2[nH]cnc2n1.[2H]CF.[C-]#[N+]CCOP(Cl)N(C(C)C)C(C)C.[C-]#[N+]CCOP(O[C@H](CC)Cn1cnc2c(=O)[nH]c(N=CN(C)C)nc21)N(C(C)C)C(C)C.[H-].[Na+]. The minimum absolute atomic E-state index is 0. The maximum Gasteiger partial charge on any atom is 1.00 e. The van der Waals surface area contributed by atoms with E-state index in [1.807, 2.05) is 140 Å². The fourth-order valence-electron chi connectivity index (χ4n) is 12.2. The van der Waals surface area contributed by atoms with Gasteiger partial charge in [0.1, 0.15) is 31.9 Å². The van der Waals surface area contributed by atoms with Crippen LogP contribution in [0.4, 0.5) is 34.1 Å². The second-order valence-corrected chi connectivity index (χ2v) is 35.8. The molecule has 48 nitrogen and oxygen atoms in total. The number of epoxide rings is 1. The van der Waals surface area contributed by atoms with Crippen LogP contribution in [0.2, 0.25) is 0 Å². The van der Waals surface area contributed by atoms with Gasteiger partial charge in [0.2, 0.25) is 68.7 Å². The number of fused-ring (bicyclic) bond motifs is 5. The van der Waals surface area contributed by atoms with E-state index >= 15 is 0 Å². The first-order valence-electron chi connectivity index (χ1n) is 46.4. The van der Waals surface area contributed by atoms with Crippen LogP contribution in [0.3, 0.4) is 0 Å². The Morgan fingerprint density at radius 1 is 0.576 bits per heavy atom. The molecule has 1 aliphatic heterocycles. The smallest absolute Gasteiger partial charge is 1.00 e. The number of aromatic amines is 4. The van der Waals surface area contributed by atoms with E-state index in [-0.39, 0.29) is 125 Å². The van der Waals surface area contributed by atoms with E-state index in [1.54, 1.807) is 63.1 Å². The van der Waals surface area contributed by atoms with E-state index in [1.165, 1.54) is 25.4 Å². The predicted molar refractivity (Wildman–Crippen MR) is 559 cm³/mol. The number of ether oxygens (including phenoxy) is 5. The van der Waals surface area contributed by atoms with Crippen molar-refractivity contribution in [1.82, 2.24) is 122 Å². The van der Waals surface area contributed by atoms with Crippen molar-refractivity contribution in [2.75, 3.05) is 128 Å². The second kappa shape index (κ2) is 70.7. The van der Waals surface area contributed by atoms with Crippen molar-refractivity contribution in [3.63, 3.8) is 0 Å². The van der Waals surface area contributed by atoms with E-state index in [0.29, 0.717) is 148 Å². The molecule has 0 spiro atoms. The third-order valence-electron chi connectivity index (χ3n) is 19.1. The Morgan fingerprint density at radius 3 is 1.34 bits per heavy atom. The molecule has 1 aliphatic rings. The van der Waals surface area contributed by atoms with Gasteiger partial charge in [0.05, 0.1) is 116 Å². The van der Waals surface area contributed by atoms with Gasteiger partial charge >= 0.3 is 29.6 Å². The van der Waals surface area contributed by atoms with Gasteiger partial charge in [-0.15, -0.1) is 0 Å². The van der Waals surface area contributed by atoms with Crippen LogP contribution in [-0.4, -0.2) is 332 Å². The Labute approximate surface area is 871 Å². The van der Waals surface area contributed by atoms with Crippen molar-refractivity contribution in [2.45, 2.75) is 223 Å². The van der Waals surface area contributed by atoms with E-state index in [2.05, 4.69) is 171 Å². The summed E-state index contributed by atoms with van der Waals surface area (Å²) in [6.07, 6.45) is 13.4. The Balaban J connectivity index is 0.000000854. The number of nitrogen functional groups attached to an aromatic ring is 3. The maximum absolute atomic E-state index is 12.4. The van der Waals surface area contributed by atoms with Crippen LogP contribution in [-0.2, 0) is 67.2 Å². The Kier molecular flexibility index (Phi) is 62.5. The molecular weight excluding hydrogens is 1940 g/mol. The van der Waals surface area contributed by atoms with Crippen LogP contribution < -0.4 is 72.9 Å². The van der Waals surface area contributed by atoms with Crippen molar-refractivity contribution in [3.8, 4) is 11.8 Å². The quantitative estimate of drug-likeness (QED) is 0.00257. The summed E-state index contributed by atoms with van der Waals surface area (Å²) in [6, 6.07) is 20.8. The van der Waals surface area contributed by atoms with E-state index in [4.69, 9.17) is 90.4 Å². The normalized spacial score (nSPS) is 13.2. The monoisotopic (exact) mass is 2080 g/mol. The minimum Gasteiger partial charge on any atom is -1.00 e. The number of hydrogen-bond donors (Lipinski definition) is 12. The molecule has 10 aromatic heterocycles. The summed E-state index contributed by atoms with van der Waals surface area (Å²) in [5.74, 6) is 1.51. The fraction of sp³-hybridized carbons (Fsp3) is 0.549. The number of imidazole rings is 5. The number of rotatable bonds is 40. The number of hydrogen-bond acceptors (Lipinski definition) is 36. The number of aliphatic hydroxyl groups excluding tert-OH is 5. The number of H-pyrrole nitrogens is 4. The largest absolute Gasteiger partial charge is 1.00 e. The third kappa shape index (κ3) is 44.9. The molecule has 11 heterocycles. The van der Waals surface area contributed by atoms with Crippen LogP contribution in [0, 0.1) is 13.1 Å². The summed E-state index contributed by atoms with van der Waals surface area (Å²) in [5, 5.41) is 43.1. The molecular formula is C91H147ClFN32NaO16P2. The topological polar surface area (TPSA) is 595 Å². The number of aromatic nitrogens is 20. The van der Waals surface area contributed by atoms with Gasteiger partial charge in [0.25, 0.3) is 25.2 Å². The van der Waals surface area contributed by atoms with Crippen LogP contribution in [0.5, 0.6) is 11.8 Å². The number of nitrogens with two attached hydrogens (primary N) is 3. The van der Waals surface area contributed by atoms with Gasteiger partial charge in [-0.3, -0.25) is 38.6 Å². The molecule has 7 atom stereocenters. The molecule has 0 bridgehead atoms. The van der Waals surface area contributed by atoms with Crippen LogP contribution >= 0.6 is 27.4 Å². The molecule has 15 N–H and O–H groups in total. The Hall–Kier alpha value is -11.0. The predicted octanol–water partition coefficient (Wildman–Crippen LogP) is 7.62. The third-order valence-corrected chi connectivity index (χ3v) is 23.8. The van der Waals surface area contributed by atoms with Crippen LogP contribution in [0.1, 0.15) is 136 Å². The molecule has 0 radical (unpaired) electrons. The van der Waals surface area contributed by atoms with Crippen molar-refractivity contribution in [3.05, 3.63) is 157 Å². The first kappa shape index (κ1) is 127. The summed E-state index contributed by atoms with van der Waals surface area (Å²) in [4.78, 5) is 116. The fourth-order valence-corrected chi connectivity index (χ4v) is 16.3. The number of alkyl halides is 1. The molecule has 0 amide bonds. The summed E-state index contributed by atoms with van der Waals surface area (Å²) in [6.45, 7) is 45.1. The van der Waals surface area contributed by atoms with Crippen molar-refractivity contribution < 1.29 is 99.5 Å². The van der Waals surface area contributed by atoms with E-state index < -0.39 is 41.6 Å². The Morgan fingerprint density at radius 2 is 0.965 bits per heavy atom. The molecule has 1 fully saturated rings. The maximum atomic E-state index is 12.4. The first-order chi connectivity index (χ1) is 68.9. The number of nitrogens with one attached hydrogen (secondary N) is 4. The summed E-state index contributed by atoms with van der Waals surface area (Å²) in [5.41, 5.74) is 22.1. The van der Waals surface area contributed by atoms with Gasteiger partial charge < -0.3 is 124 Å². The number of halogens is 2. The first-order valence-corrected chi connectivity index (χ1v) is 49.0. The zero-order chi connectivity index (χ0) is 108. The second-order valence-electron chi connectivity index (χ2n) is 32.3. The molecule has 53 heteroatoms. The zero-order valence-electron chi connectivity index (χ0n) is 88.9. The van der Waals surface area contributed by atoms with Gasteiger partial charge in [-0.2, -0.15) is 34.9 Å². The van der Waals surface area contributed by atoms with E-state index in [0.717, 1.165) is 38.4 Å². The van der Waals surface area contributed by atoms with Crippen molar-refractivity contribution in [2.24, 2.45) is 9.98 Å². The van der Waals surface area contributed by atoms with Gasteiger partial charge in [-0.25, -0.2) is 57.4 Å². The zero-order valence-corrected chi connectivity index (χ0v) is 91.4. The van der Waals surface area contributed by atoms with Crippen molar-refractivity contribution in [1.29, 1.82) is 0 Å². The number of methoxy groups -OCH3 is 2. The number of aliphatic hydroxyl groups is 5. The van der Waals surface area contributed by atoms with Gasteiger partial charge in [0, 0.05) is 80.8 Å². The molecule has 1 saturated heterocycles. The van der Waals surface area contributed by atoms with E-state index in [9.17, 15) is 34.1 Å². The number of nitrogens with zero attached hydrogens (tertiary/aromatic N) is 25. The summed E-state index contributed by atoms with van der Waals surface area (Å²) >= 11 is 6.14. The number of aliphatic imine (C=N–C) groups is 2. The molecule has 12 aromatic rings. The average Bonchev–Trinajstić information content (AvgIpc) is 1.65. The number of anilines is 3. The molecule has 0 saturated carbocycles. The molecule has 144 heavy (non-hydrogen) atoms. The Bertz CT molecular complexity index is 5920. The van der Waals surface area contributed by atoms with Crippen LogP contribution in [0.25, 0.3) is 65.5 Å². The van der Waals surface area contributed by atoms with Gasteiger partial charge in [-0.1, -0.05) is 95.3 Å².